The molecule has 2 saturated heterocycles. The minimum absolute atomic E-state index is 0.0127. The van der Waals surface area contributed by atoms with Crippen molar-refractivity contribution in [3.05, 3.63) is 47.8 Å². The van der Waals surface area contributed by atoms with Crippen LogP contribution < -0.4 is 20.7 Å². The van der Waals surface area contributed by atoms with Gasteiger partial charge in [-0.05, 0) is 57.0 Å². The van der Waals surface area contributed by atoms with Crippen molar-refractivity contribution in [3.8, 4) is 17.6 Å². The van der Waals surface area contributed by atoms with Crippen LogP contribution in [0.2, 0.25) is 0 Å². The van der Waals surface area contributed by atoms with Crippen LogP contribution in [0.1, 0.15) is 41.6 Å². The predicted molar refractivity (Wildman–Crippen MR) is 150 cm³/mol. The molecule has 8 nitrogen and oxygen atoms in total. The summed E-state index contributed by atoms with van der Waals surface area (Å²) in [7, 11) is 5.19. The van der Waals surface area contributed by atoms with Gasteiger partial charge in [0.05, 0.1) is 30.4 Å². The molecule has 2 aliphatic rings. The number of benzene rings is 1. The van der Waals surface area contributed by atoms with Gasteiger partial charge in [-0.2, -0.15) is 13.2 Å². The number of methoxy groups -OCH3 is 1. The molecule has 0 unspecified atom stereocenters. The SMILES string of the molecule is CNC(=O)c1ccc(OC)c(NCC#Cc2cc3c(N[C@@H]4CC[C@@H]5CC[C@H]4N5C)nccn3c2SC(F)(F)F)c1. The molecule has 0 spiro atoms. The van der Waals surface area contributed by atoms with E-state index in [1.54, 1.807) is 24.3 Å². The third kappa shape index (κ3) is 5.81. The summed E-state index contributed by atoms with van der Waals surface area (Å²) in [6.45, 7) is 0.122. The summed E-state index contributed by atoms with van der Waals surface area (Å²) in [4.78, 5) is 18.9. The number of fused-ring (bicyclic) bond motifs is 3. The number of carbonyl (C=O) groups excluding carboxylic acids is 1. The highest BCUT2D eigenvalue weighted by Gasteiger charge is 2.40. The molecule has 3 aromatic rings. The number of ether oxygens (including phenoxy) is 1. The fourth-order valence-corrected chi connectivity index (χ4v) is 6.38. The topological polar surface area (TPSA) is 82.9 Å². The Kier molecular flexibility index (Phi) is 8.05. The zero-order valence-electron chi connectivity index (χ0n) is 22.4. The number of hydrogen-bond acceptors (Lipinski definition) is 7. The van der Waals surface area contributed by atoms with E-state index in [1.165, 1.54) is 37.4 Å². The monoisotopic (exact) mass is 572 g/mol. The van der Waals surface area contributed by atoms with Gasteiger partial charge < -0.3 is 25.1 Å². The van der Waals surface area contributed by atoms with Crippen LogP contribution in [0.25, 0.3) is 5.52 Å². The molecule has 2 fully saturated rings. The average Bonchev–Trinajstić information content (AvgIpc) is 3.38. The highest BCUT2D eigenvalue weighted by atomic mass is 32.2. The lowest BCUT2D eigenvalue weighted by Gasteiger charge is -2.38. The second-order valence-corrected chi connectivity index (χ2v) is 10.9. The third-order valence-corrected chi connectivity index (χ3v) is 8.48. The molecule has 0 saturated carbocycles. The van der Waals surface area contributed by atoms with Crippen LogP contribution >= 0.6 is 11.8 Å². The molecule has 3 N–H and O–H groups in total. The second-order valence-electron chi connectivity index (χ2n) is 9.88. The highest BCUT2D eigenvalue weighted by molar-refractivity contribution is 8.00. The maximum absolute atomic E-state index is 13.6. The number of hydrogen-bond donors (Lipinski definition) is 3. The third-order valence-electron chi connectivity index (χ3n) is 7.64. The van der Waals surface area contributed by atoms with E-state index < -0.39 is 5.51 Å². The fraction of sp³-hybridized carbons (Fsp3) is 0.429. The van der Waals surface area contributed by atoms with Crippen LogP contribution in [0.3, 0.4) is 0 Å². The van der Waals surface area contributed by atoms with Crippen LogP contribution in [0.4, 0.5) is 24.7 Å². The normalized spacial score (nSPS) is 20.6. The summed E-state index contributed by atoms with van der Waals surface area (Å²) in [5, 5.41) is 9.19. The van der Waals surface area contributed by atoms with E-state index in [0.29, 0.717) is 40.4 Å². The maximum Gasteiger partial charge on any atom is 0.447 e. The Labute approximate surface area is 235 Å². The minimum Gasteiger partial charge on any atom is -0.495 e. The van der Waals surface area contributed by atoms with Crippen LogP contribution in [0.15, 0.2) is 41.7 Å². The Balaban J connectivity index is 1.41. The van der Waals surface area contributed by atoms with Crippen molar-refractivity contribution in [3.63, 3.8) is 0 Å². The number of nitrogens with zero attached hydrogens (tertiary/aromatic N) is 3. The van der Waals surface area contributed by atoms with Crippen molar-refractivity contribution in [2.24, 2.45) is 0 Å². The summed E-state index contributed by atoms with van der Waals surface area (Å²) in [6, 6.07) is 7.76. The van der Waals surface area contributed by atoms with E-state index >= 15 is 0 Å². The first-order chi connectivity index (χ1) is 19.2. The Morgan fingerprint density at radius 3 is 2.77 bits per heavy atom. The van der Waals surface area contributed by atoms with E-state index in [9.17, 15) is 18.0 Å². The first-order valence-corrected chi connectivity index (χ1v) is 13.9. The standard InChI is InChI=1S/C28H31F3N6O2S/c1-32-26(38)17-6-11-24(39-3)21(15-17)33-12-4-5-18-16-23-25(34-13-14-37(23)27(18)40-28(29,30)31)35-20-9-7-19-8-10-22(20)36(19)2/h6,11,13-16,19-20,22,33H,7-10,12H2,1-3H3,(H,32,38)(H,34,35)/t19-,20-,22-/m1/s1. The number of likely N-dealkylation sites (N-methyl/N-ethyl adjacent to an activating group) is 1. The first-order valence-electron chi connectivity index (χ1n) is 13.1. The van der Waals surface area contributed by atoms with Crippen molar-refractivity contribution in [1.82, 2.24) is 19.6 Å². The summed E-state index contributed by atoms with van der Waals surface area (Å²) in [6.07, 6.45) is 7.40. The molecule has 2 aromatic heterocycles. The molecule has 12 heteroatoms. The Morgan fingerprint density at radius 1 is 1.23 bits per heavy atom. The lowest BCUT2D eigenvalue weighted by Crippen LogP contribution is -2.48. The predicted octanol–water partition coefficient (Wildman–Crippen LogP) is 4.82. The second kappa shape index (κ2) is 11.5. The molecule has 212 valence electrons. The summed E-state index contributed by atoms with van der Waals surface area (Å²) >= 11 is -0.190. The number of thioether (sulfide) groups is 1. The summed E-state index contributed by atoms with van der Waals surface area (Å²) in [5.41, 5.74) is -2.70. The zero-order chi connectivity index (χ0) is 28.4. The fourth-order valence-electron chi connectivity index (χ4n) is 5.69. The molecule has 2 bridgehead atoms. The van der Waals surface area contributed by atoms with Gasteiger partial charge in [-0.15, -0.1) is 0 Å². The number of carbonyl (C=O) groups is 1. The molecule has 0 radical (unpaired) electrons. The largest absolute Gasteiger partial charge is 0.495 e. The van der Waals surface area contributed by atoms with Gasteiger partial charge in [0.25, 0.3) is 5.91 Å². The molecule has 0 aliphatic carbocycles. The van der Waals surface area contributed by atoms with Crippen molar-refractivity contribution < 1.29 is 22.7 Å². The van der Waals surface area contributed by atoms with E-state index in [2.05, 4.69) is 44.7 Å². The molecular weight excluding hydrogens is 541 g/mol. The number of piperidine rings is 1. The Bertz CT molecular complexity index is 1460. The molecular formula is C28H31F3N6O2S. The van der Waals surface area contributed by atoms with E-state index in [4.69, 9.17) is 4.74 Å². The van der Waals surface area contributed by atoms with Gasteiger partial charge in [-0.1, -0.05) is 11.8 Å². The van der Waals surface area contributed by atoms with Gasteiger partial charge in [0.1, 0.15) is 10.8 Å². The number of rotatable bonds is 7. The molecule has 40 heavy (non-hydrogen) atoms. The number of nitrogens with one attached hydrogen (secondary N) is 3. The lowest BCUT2D eigenvalue weighted by molar-refractivity contribution is -0.0329. The number of amides is 1. The van der Waals surface area contributed by atoms with Crippen LogP contribution in [-0.2, 0) is 0 Å². The van der Waals surface area contributed by atoms with Gasteiger partial charge in [-0.25, -0.2) is 4.98 Å². The molecule has 5 rings (SSSR count). The number of alkyl halides is 3. The smallest absolute Gasteiger partial charge is 0.447 e. The van der Waals surface area contributed by atoms with Gasteiger partial charge in [-0.3, -0.25) is 9.69 Å². The number of anilines is 2. The number of halogens is 3. The minimum atomic E-state index is -4.49. The molecule has 2 aliphatic heterocycles. The van der Waals surface area contributed by atoms with E-state index in [1.807, 2.05) is 0 Å². The summed E-state index contributed by atoms with van der Waals surface area (Å²) in [5.74, 6) is 6.64. The van der Waals surface area contributed by atoms with Crippen molar-refractivity contribution in [1.29, 1.82) is 0 Å². The molecule has 3 atom stereocenters. The van der Waals surface area contributed by atoms with Crippen molar-refractivity contribution >= 4 is 34.7 Å². The number of aromatic nitrogens is 2. The highest BCUT2D eigenvalue weighted by Crippen LogP contribution is 2.41. The molecule has 1 aromatic carbocycles. The van der Waals surface area contributed by atoms with Gasteiger partial charge in [0.15, 0.2) is 5.82 Å². The van der Waals surface area contributed by atoms with Gasteiger partial charge in [0.2, 0.25) is 0 Å². The summed E-state index contributed by atoms with van der Waals surface area (Å²) < 4.78 is 47.6. The van der Waals surface area contributed by atoms with Crippen LogP contribution in [0.5, 0.6) is 5.75 Å². The van der Waals surface area contributed by atoms with Crippen molar-refractivity contribution in [2.75, 3.05) is 38.4 Å². The van der Waals surface area contributed by atoms with Gasteiger partial charge in [0, 0.05) is 54.9 Å². The first kappa shape index (κ1) is 28.0. The zero-order valence-corrected chi connectivity index (χ0v) is 23.2. The molecule has 1 amide bonds. The molecule has 4 heterocycles. The Hall–Kier alpha value is -3.56. The maximum atomic E-state index is 13.6. The van der Waals surface area contributed by atoms with E-state index in [-0.39, 0.29) is 40.8 Å². The average molecular weight is 573 g/mol. The van der Waals surface area contributed by atoms with Crippen LogP contribution in [0, 0.1) is 11.8 Å². The van der Waals surface area contributed by atoms with E-state index in [0.717, 1.165) is 19.3 Å². The van der Waals surface area contributed by atoms with Gasteiger partial charge >= 0.3 is 5.51 Å². The van der Waals surface area contributed by atoms with Crippen molar-refractivity contribution in [2.45, 2.75) is 54.3 Å². The quantitative estimate of drug-likeness (QED) is 0.277. The Morgan fingerprint density at radius 2 is 2.02 bits per heavy atom. The van der Waals surface area contributed by atoms with Crippen LogP contribution in [-0.4, -0.2) is 71.6 Å². The lowest BCUT2D eigenvalue weighted by atomic mass is 9.98.